The van der Waals surface area contributed by atoms with Gasteiger partial charge < -0.3 is 18.6 Å². The first-order chi connectivity index (χ1) is 21.7. The van der Waals surface area contributed by atoms with Gasteiger partial charge in [-0.3, -0.25) is 14.8 Å². The van der Waals surface area contributed by atoms with E-state index in [1.54, 1.807) is 80.3 Å². The monoisotopic (exact) mass is 643 g/mol. The molecule has 13 heteroatoms. The lowest BCUT2D eigenvalue weighted by atomic mass is 9.98. The molecular formula is C32H25N3O8S2. The van der Waals surface area contributed by atoms with Gasteiger partial charge >= 0.3 is 5.97 Å². The van der Waals surface area contributed by atoms with E-state index in [2.05, 4.69) is 16.1 Å². The van der Waals surface area contributed by atoms with Gasteiger partial charge in [0.1, 0.15) is 33.1 Å². The summed E-state index contributed by atoms with van der Waals surface area (Å²) in [4.78, 5) is 25.9. The number of ether oxygens (including phenoxy) is 3. The first kappa shape index (κ1) is 30.9. The van der Waals surface area contributed by atoms with Gasteiger partial charge in [0.05, 0.1) is 25.5 Å². The second-order valence-electron chi connectivity index (χ2n) is 9.29. The predicted octanol–water partition coefficient (Wildman–Crippen LogP) is 6.16. The van der Waals surface area contributed by atoms with Gasteiger partial charge in [-0.05, 0) is 65.5 Å². The van der Waals surface area contributed by atoms with E-state index in [0.717, 1.165) is 11.3 Å². The summed E-state index contributed by atoms with van der Waals surface area (Å²) in [6.45, 7) is -0.744. The fourth-order valence-electron chi connectivity index (χ4n) is 4.34. The number of amides is 1. The largest absolute Gasteiger partial charge is 0.497 e. The zero-order valence-electron chi connectivity index (χ0n) is 23.9. The molecule has 2 aromatic heterocycles. The third-order valence-electron chi connectivity index (χ3n) is 6.49. The Morgan fingerprint density at radius 3 is 2.13 bits per heavy atom. The van der Waals surface area contributed by atoms with Crippen LogP contribution in [0.4, 0.5) is 11.6 Å². The van der Waals surface area contributed by atoms with E-state index < -0.39 is 28.5 Å². The van der Waals surface area contributed by atoms with E-state index in [4.69, 9.17) is 18.6 Å². The average Bonchev–Trinajstić information content (AvgIpc) is 3.73. The number of methoxy groups -OCH3 is 2. The number of nitriles is 1. The molecule has 0 bridgehead atoms. The van der Waals surface area contributed by atoms with Gasteiger partial charge in [0.2, 0.25) is 5.88 Å². The molecular weight excluding hydrogens is 618 g/mol. The van der Waals surface area contributed by atoms with Crippen LogP contribution in [-0.4, -0.2) is 41.1 Å². The van der Waals surface area contributed by atoms with Crippen LogP contribution in [0.1, 0.15) is 15.9 Å². The number of esters is 1. The molecule has 0 aliphatic heterocycles. The Bertz CT molecular complexity index is 1980. The molecule has 0 radical (unpaired) electrons. The molecule has 3 aromatic carbocycles. The van der Waals surface area contributed by atoms with Crippen molar-refractivity contribution < 1.29 is 36.6 Å². The average molecular weight is 644 g/mol. The first-order valence-corrected chi connectivity index (χ1v) is 15.6. The smallest absolute Gasteiger partial charge is 0.340 e. The maximum absolute atomic E-state index is 12.9. The van der Waals surface area contributed by atoms with Crippen molar-refractivity contribution in [1.29, 1.82) is 5.26 Å². The molecule has 0 saturated heterocycles. The lowest BCUT2D eigenvalue weighted by molar-refractivity contribution is -0.119. The van der Waals surface area contributed by atoms with Gasteiger partial charge in [0, 0.05) is 11.1 Å². The van der Waals surface area contributed by atoms with Crippen LogP contribution in [0.2, 0.25) is 0 Å². The Morgan fingerprint density at radius 1 is 0.889 bits per heavy atom. The number of nitrogens with one attached hydrogen (secondary N) is 2. The number of rotatable bonds is 11. The van der Waals surface area contributed by atoms with E-state index in [1.165, 1.54) is 24.3 Å². The number of carbonyl (C=O) groups is 2. The van der Waals surface area contributed by atoms with Crippen LogP contribution in [0.25, 0.3) is 22.5 Å². The number of hydrogen-bond donors (Lipinski definition) is 2. The Morgan fingerprint density at radius 2 is 1.53 bits per heavy atom. The minimum absolute atomic E-state index is 0.0117. The molecule has 2 N–H and O–H groups in total. The Kier molecular flexibility index (Phi) is 9.17. The zero-order chi connectivity index (χ0) is 32.0. The number of benzene rings is 3. The molecule has 5 aromatic rings. The summed E-state index contributed by atoms with van der Waals surface area (Å²) in [6, 6.07) is 25.0. The molecule has 0 atom stereocenters. The van der Waals surface area contributed by atoms with Crippen LogP contribution in [-0.2, 0) is 19.6 Å². The minimum Gasteiger partial charge on any atom is -0.497 e. The number of para-hydroxylation sites is 1. The van der Waals surface area contributed by atoms with Gasteiger partial charge in [-0.1, -0.05) is 30.3 Å². The predicted molar refractivity (Wildman–Crippen MR) is 168 cm³/mol. The molecule has 0 saturated carbocycles. The molecule has 228 valence electrons. The SMILES string of the molecule is COc1ccc(-c2oc(NC(=O)COC(=O)c3ccccc3NS(=O)(=O)c3cccs3)c(C#N)c2-c2ccc(OC)cc2)cc1. The van der Waals surface area contributed by atoms with Crippen molar-refractivity contribution in [3.05, 3.63) is 101 Å². The molecule has 5 rings (SSSR count). The first-order valence-electron chi connectivity index (χ1n) is 13.2. The van der Waals surface area contributed by atoms with Crippen LogP contribution < -0.4 is 19.5 Å². The molecule has 11 nitrogen and oxygen atoms in total. The third kappa shape index (κ3) is 6.82. The highest BCUT2D eigenvalue weighted by Crippen LogP contribution is 2.42. The number of thiophene rings is 1. The van der Waals surface area contributed by atoms with Gasteiger partial charge in [-0.2, -0.15) is 5.26 Å². The lowest BCUT2D eigenvalue weighted by Gasteiger charge is -2.11. The summed E-state index contributed by atoms with van der Waals surface area (Å²) >= 11 is 1.02. The van der Waals surface area contributed by atoms with E-state index in [9.17, 15) is 23.3 Å². The summed E-state index contributed by atoms with van der Waals surface area (Å²) in [5.41, 5.74) is 1.64. The normalized spacial score (nSPS) is 10.9. The van der Waals surface area contributed by atoms with Crippen LogP contribution in [0.5, 0.6) is 11.5 Å². The maximum atomic E-state index is 12.9. The second-order valence-corrected chi connectivity index (χ2v) is 12.1. The lowest BCUT2D eigenvalue weighted by Crippen LogP contribution is -2.22. The third-order valence-corrected chi connectivity index (χ3v) is 9.25. The summed E-state index contributed by atoms with van der Waals surface area (Å²) in [7, 11) is -0.853. The zero-order valence-corrected chi connectivity index (χ0v) is 25.5. The van der Waals surface area contributed by atoms with Crippen molar-refractivity contribution >= 4 is 44.8 Å². The van der Waals surface area contributed by atoms with Gasteiger partial charge in [0.25, 0.3) is 15.9 Å². The van der Waals surface area contributed by atoms with E-state index in [0.29, 0.717) is 33.9 Å². The Labute approximate surface area is 262 Å². The molecule has 0 fully saturated rings. The molecule has 1 amide bonds. The number of nitrogens with zero attached hydrogens (tertiary/aromatic N) is 1. The van der Waals surface area contributed by atoms with Gasteiger partial charge in [0.15, 0.2) is 6.61 Å². The standard InChI is InChI=1S/C32H25N3O8S2/c1-40-22-13-9-20(10-14-22)29-25(18-33)31(43-30(29)21-11-15-23(41-2)16-12-21)34-27(36)19-42-32(37)24-6-3-4-7-26(24)35-45(38,39)28-8-5-17-44-28/h3-17,35H,19H2,1-2H3,(H,34,36). The number of carbonyl (C=O) groups excluding carboxylic acids is 2. The van der Waals surface area contributed by atoms with Crippen LogP contribution in [0.3, 0.4) is 0 Å². The Balaban J connectivity index is 1.37. The Hall–Kier alpha value is -5.58. The van der Waals surface area contributed by atoms with Crippen molar-refractivity contribution in [2.24, 2.45) is 0 Å². The highest BCUT2D eigenvalue weighted by atomic mass is 32.2. The van der Waals surface area contributed by atoms with Crippen molar-refractivity contribution in [2.75, 3.05) is 30.9 Å². The van der Waals surface area contributed by atoms with E-state index in [-0.39, 0.29) is 26.9 Å². The van der Waals surface area contributed by atoms with Crippen molar-refractivity contribution in [1.82, 2.24) is 0 Å². The van der Waals surface area contributed by atoms with Crippen molar-refractivity contribution in [3.63, 3.8) is 0 Å². The second kappa shape index (κ2) is 13.4. The van der Waals surface area contributed by atoms with Crippen molar-refractivity contribution in [2.45, 2.75) is 4.21 Å². The summed E-state index contributed by atoms with van der Waals surface area (Å²) < 4.78 is 49.6. The maximum Gasteiger partial charge on any atom is 0.340 e. The molecule has 45 heavy (non-hydrogen) atoms. The topological polar surface area (TPSA) is 157 Å². The van der Waals surface area contributed by atoms with E-state index in [1.807, 2.05) is 0 Å². The number of anilines is 2. The van der Waals surface area contributed by atoms with E-state index >= 15 is 0 Å². The summed E-state index contributed by atoms with van der Waals surface area (Å²) in [5, 5.41) is 14.3. The quantitative estimate of drug-likeness (QED) is 0.161. The fourth-order valence-corrected chi connectivity index (χ4v) is 6.41. The highest BCUT2D eigenvalue weighted by molar-refractivity contribution is 7.94. The summed E-state index contributed by atoms with van der Waals surface area (Å²) in [6.07, 6.45) is 0. The number of sulfonamides is 1. The number of hydrogen-bond acceptors (Lipinski definition) is 10. The van der Waals surface area contributed by atoms with Gasteiger partial charge in [-0.25, -0.2) is 13.2 Å². The molecule has 2 heterocycles. The highest BCUT2D eigenvalue weighted by Gasteiger charge is 2.26. The summed E-state index contributed by atoms with van der Waals surface area (Å²) in [5.74, 6) is -0.311. The van der Waals surface area contributed by atoms with Gasteiger partial charge in [-0.15, -0.1) is 11.3 Å². The van der Waals surface area contributed by atoms with Crippen LogP contribution >= 0.6 is 11.3 Å². The molecule has 0 aliphatic rings. The number of furan rings is 1. The van der Waals surface area contributed by atoms with Crippen molar-refractivity contribution in [3.8, 4) is 40.0 Å². The molecule has 0 unspecified atom stereocenters. The van der Waals surface area contributed by atoms with Crippen LogP contribution in [0.15, 0.2) is 98.9 Å². The molecule has 0 aliphatic carbocycles. The van der Waals surface area contributed by atoms with Crippen LogP contribution in [0, 0.1) is 11.3 Å². The molecule has 0 spiro atoms. The minimum atomic E-state index is -3.94. The fraction of sp³-hybridized carbons (Fsp3) is 0.0938.